The van der Waals surface area contributed by atoms with E-state index in [1.807, 2.05) is 6.07 Å². The van der Waals surface area contributed by atoms with E-state index in [2.05, 4.69) is 38.4 Å². The fraction of sp³-hybridized carbons (Fsp3) is 0.200. The third-order valence-corrected chi connectivity index (χ3v) is 5.34. The van der Waals surface area contributed by atoms with Crippen LogP contribution in [-0.2, 0) is 5.75 Å². The Morgan fingerprint density at radius 1 is 1.45 bits per heavy atom. The molecule has 0 spiro atoms. The van der Waals surface area contributed by atoms with Gasteiger partial charge in [-0.2, -0.15) is 11.8 Å². The van der Waals surface area contributed by atoms with Crippen molar-refractivity contribution in [2.24, 2.45) is 0 Å². The van der Waals surface area contributed by atoms with Crippen molar-refractivity contribution in [2.45, 2.75) is 11.8 Å². The standard InChI is InChI=1S/C15H13BrClN3OS/c16-10-2-1-8-6-22-7-13(11(8)4-10)20-15(21)9-3-12(17)14(18)19-5-9/h1-5,13H,6-7H2,(H2,18,19)(H,20,21). The fourth-order valence-corrected chi connectivity index (χ4v) is 3.98. The van der Waals surface area contributed by atoms with Crippen LogP contribution < -0.4 is 11.1 Å². The number of thioether (sulfide) groups is 1. The molecule has 0 saturated carbocycles. The second-order valence-electron chi connectivity index (χ2n) is 4.98. The number of amides is 1. The molecule has 1 amide bonds. The number of carbonyl (C=O) groups is 1. The van der Waals surface area contributed by atoms with Crippen LogP contribution in [0.15, 0.2) is 34.9 Å². The number of halogens is 2. The Morgan fingerprint density at radius 2 is 2.27 bits per heavy atom. The lowest BCUT2D eigenvalue weighted by molar-refractivity contribution is 0.0940. The molecule has 1 aliphatic heterocycles. The molecule has 22 heavy (non-hydrogen) atoms. The molecule has 0 aliphatic carbocycles. The van der Waals surface area contributed by atoms with Gasteiger partial charge in [-0.1, -0.05) is 33.6 Å². The molecule has 1 aromatic heterocycles. The minimum Gasteiger partial charge on any atom is -0.382 e. The highest BCUT2D eigenvalue weighted by Gasteiger charge is 2.23. The van der Waals surface area contributed by atoms with Crippen LogP contribution in [0.5, 0.6) is 0 Å². The van der Waals surface area contributed by atoms with Crippen LogP contribution in [0.25, 0.3) is 0 Å². The zero-order valence-corrected chi connectivity index (χ0v) is 14.6. The second-order valence-corrected chi connectivity index (χ2v) is 7.33. The average molecular weight is 399 g/mol. The van der Waals surface area contributed by atoms with Crippen molar-refractivity contribution in [2.75, 3.05) is 11.5 Å². The van der Waals surface area contributed by atoms with Crippen LogP contribution in [0.4, 0.5) is 5.82 Å². The number of anilines is 1. The first kappa shape index (κ1) is 15.6. The number of nitrogens with zero attached hydrogens (tertiary/aromatic N) is 1. The van der Waals surface area contributed by atoms with Crippen molar-refractivity contribution in [3.63, 3.8) is 0 Å². The predicted octanol–water partition coefficient (Wildman–Crippen LogP) is 3.80. The molecule has 114 valence electrons. The highest BCUT2D eigenvalue weighted by Crippen LogP contribution is 2.33. The van der Waals surface area contributed by atoms with Gasteiger partial charge >= 0.3 is 0 Å². The Morgan fingerprint density at radius 3 is 3.05 bits per heavy atom. The topological polar surface area (TPSA) is 68.0 Å². The molecule has 0 radical (unpaired) electrons. The molecule has 3 N–H and O–H groups in total. The quantitative estimate of drug-likeness (QED) is 0.807. The first-order valence-corrected chi connectivity index (χ1v) is 8.95. The summed E-state index contributed by atoms with van der Waals surface area (Å²) in [7, 11) is 0. The number of pyridine rings is 1. The summed E-state index contributed by atoms with van der Waals surface area (Å²) in [5.41, 5.74) is 8.38. The van der Waals surface area contributed by atoms with Gasteiger partial charge in [-0.05, 0) is 29.3 Å². The van der Waals surface area contributed by atoms with E-state index in [9.17, 15) is 4.79 Å². The molecule has 0 saturated heterocycles. The van der Waals surface area contributed by atoms with E-state index in [4.69, 9.17) is 17.3 Å². The zero-order chi connectivity index (χ0) is 15.7. The summed E-state index contributed by atoms with van der Waals surface area (Å²) in [6, 6.07) is 7.68. The van der Waals surface area contributed by atoms with Crippen LogP contribution in [0.2, 0.25) is 5.02 Å². The van der Waals surface area contributed by atoms with Crippen molar-refractivity contribution >= 4 is 51.0 Å². The van der Waals surface area contributed by atoms with E-state index < -0.39 is 0 Å². The van der Waals surface area contributed by atoms with Gasteiger partial charge in [0.25, 0.3) is 5.91 Å². The molecule has 1 atom stereocenters. The Kier molecular flexibility index (Phi) is 4.61. The maximum Gasteiger partial charge on any atom is 0.253 e. The number of nitrogens with one attached hydrogen (secondary N) is 1. The number of rotatable bonds is 2. The van der Waals surface area contributed by atoms with Crippen molar-refractivity contribution in [1.29, 1.82) is 0 Å². The average Bonchev–Trinajstić information content (AvgIpc) is 2.50. The summed E-state index contributed by atoms with van der Waals surface area (Å²) in [4.78, 5) is 16.3. The monoisotopic (exact) mass is 397 g/mol. The number of benzene rings is 1. The first-order chi connectivity index (χ1) is 10.5. The highest BCUT2D eigenvalue weighted by molar-refractivity contribution is 9.10. The van der Waals surface area contributed by atoms with Gasteiger partial charge in [0.05, 0.1) is 16.6 Å². The molecule has 3 rings (SSSR count). The SMILES string of the molecule is Nc1ncc(C(=O)NC2CSCc3ccc(Br)cc32)cc1Cl. The molecule has 0 fully saturated rings. The van der Waals surface area contributed by atoms with E-state index in [-0.39, 0.29) is 22.8 Å². The summed E-state index contributed by atoms with van der Waals surface area (Å²) in [6.07, 6.45) is 1.44. The molecule has 1 aromatic carbocycles. The van der Waals surface area contributed by atoms with Gasteiger partial charge in [0.1, 0.15) is 5.82 Å². The lowest BCUT2D eigenvalue weighted by Gasteiger charge is -2.26. The van der Waals surface area contributed by atoms with Crippen molar-refractivity contribution in [3.8, 4) is 0 Å². The van der Waals surface area contributed by atoms with E-state index >= 15 is 0 Å². The minimum absolute atomic E-state index is 0.0323. The van der Waals surface area contributed by atoms with Gasteiger partial charge < -0.3 is 11.1 Å². The van der Waals surface area contributed by atoms with E-state index in [1.54, 1.807) is 11.8 Å². The summed E-state index contributed by atoms with van der Waals surface area (Å²) in [6.45, 7) is 0. The zero-order valence-electron chi connectivity index (χ0n) is 11.5. The van der Waals surface area contributed by atoms with E-state index in [0.29, 0.717) is 5.56 Å². The van der Waals surface area contributed by atoms with Gasteiger partial charge in [-0.3, -0.25) is 4.79 Å². The van der Waals surface area contributed by atoms with Crippen LogP contribution in [0.1, 0.15) is 27.5 Å². The maximum absolute atomic E-state index is 12.4. The van der Waals surface area contributed by atoms with Gasteiger partial charge in [-0.25, -0.2) is 4.98 Å². The van der Waals surface area contributed by atoms with Gasteiger partial charge in [0.15, 0.2) is 0 Å². The minimum atomic E-state index is -0.201. The van der Waals surface area contributed by atoms with Crippen LogP contribution >= 0.6 is 39.3 Å². The lowest BCUT2D eigenvalue weighted by Crippen LogP contribution is -2.32. The normalized spacial score (nSPS) is 16.9. The Bertz CT molecular complexity index is 741. The second kappa shape index (κ2) is 6.48. The molecule has 2 aromatic rings. The third kappa shape index (κ3) is 3.24. The number of aromatic nitrogens is 1. The van der Waals surface area contributed by atoms with Crippen LogP contribution in [-0.4, -0.2) is 16.6 Å². The van der Waals surface area contributed by atoms with Gasteiger partial charge in [0, 0.05) is 22.2 Å². The molecule has 0 bridgehead atoms. The summed E-state index contributed by atoms with van der Waals surface area (Å²) < 4.78 is 1.01. The number of nitrogen functional groups attached to an aromatic ring is 1. The molecule has 1 aliphatic rings. The number of hydrogen-bond acceptors (Lipinski definition) is 4. The first-order valence-electron chi connectivity index (χ1n) is 6.62. The van der Waals surface area contributed by atoms with Gasteiger partial charge in [-0.15, -0.1) is 0 Å². The van der Waals surface area contributed by atoms with Crippen LogP contribution in [0, 0.1) is 0 Å². The lowest BCUT2D eigenvalue weighted by atomic mass is 10.0. The number of carbonyl (C=O) groups excluding carboxylic acids is 1. The maximum atomic E-state index is 12.4. The fourth-order valence-electron chi connectivity index (χ4n) is 2.33. The van der Waals surface area contributed by atoms with Gasteiger partial charge in [0.2, 0.25) is 0 Å². The number of nitrogens with two attached hydrogens (primary N) is 1. The Labute approximate surface area is 146 Å². The number of fused-ring (bicyclic) bond motifs is 1. The summed E-state index contributed by atoms with van der Waals surface area (Å²) >= 11 is 11.2. The number of hydrogen-bond donors (Lipinski definition) is 2. The summed E-state index contributed by atoms with van der Waals surface area (Å²) in [5, 5.41) is 3.33. The Hall–Kier alpha value is -1.24. The molecule has 1 unspecified atom stereocenters. The van der Waals surface area contributed by atoms with E-state index in [0.717, 1.165) is 21.5 Å². The van der Waals surface area contributed by atoms with E-state index in [1.165, 1.54) is 17.8 Å². The molecular weight excluding hydrogens is 386 g/mol. The van der Waals surface area contributed by atoms with Crippen molar-refractivity contribution in [3.05, 3.63) is 56.6 Å². The third-order valence-electron chi connectivity index (χ3n) is 3.46. The smallest absolute Gasteiger partial charge is 0.253 e. The summed E-state index contributed by atoms with van der Waals surface area (Å²) in [5.74, 6) is 1.82. The molecule has 4 nitrogen and oxygen atoms in total. The largest absolute Gasteiger partial charge is 0.382 e. The van der Waals surface area contributed by atoms with Crippen LogP contribution in [0.3, 0.4) is 0 Å². The molecular formula is C15H13BrClN3OS. The van der Waals surface area contributed by atoms with Crippen molar-refractivity contribution in [1.82, 2.24) is 10.3 Å². The Balaban J connectivity index is 1.83. The molecule has 7 heteroatoms. The molecule has 2 heterocycles. The predicted molar refractivity (Wildman–Crippen MR) is 94.2 cm³/mol. The highest BCUT2D eigenvalue weighted by atomic mass is 79.9. The van der Waals surface area contributed by atoms with Crippen molar-refractivity contribution < 1.29 is 4.79 Å².